The van der Waals surface area contributed by atoms with E-state index in [4.69, 9.17) is 0 Å². The Morgan fingerprint density at radius 2 is 1.71 bits per heavy atom. The van der Waals surface area contributed by atoms with Crippen LogP contribution < -0.4 is 4.90 Å². The van der Waals surface area contributed by atoms with Crippen molar-refractivity contribution < 1.29 is 9.18 Å². The Labute approximate surface area is 248 Å². The molecule has 4 aliphatic rings. The monoisotopic (exact) mass is 572 g/mol. The first kappa shape index (κ1) is 28.3. The van der Waals surface area contributed by atoms with Crippen molar-refractivity contribution in [2.24, 2.45) is 17.8 Å². The van der Waals surface area contributed by atoms with Crippen LogP contribution in [-0.4, -0.2) is 66.8 Å². The highest BCUT2D eigenvalue weighted by molar-refractivity contribution is 8.00. The van der Waals surface area contributed by atoms with E-state index in [2.05, 4.69) is 46.7 Å². The van der Waals surface area contributed by atoms with Crippen LogP contribution in [0.4, 0.5) is 10.1 Å². The normalized spacial score (nSPS) is 22.5. The van der Waals surface area contributed by atoms with Crippen LogP contribution in [0.5, 0.6) is 0 Å². The zero-order valence-corrected chi connectivity index (χ0v) is 24.7. The summed E-state index contributed by atoms with van der Waals surface area (Å²) in [6, 6.07) is 18.6. The molecule has 2 aromatic rings. The average molecular weight is 573 g/mol. The van der Waals surface area contributed by atoms with Crippen molar-refractivity contribution in [3.05, 3.63) is 72.6 Å². The fourth-order valence-electron chi connectivity index (χ4n) is 7.76. The molecule has 3 heterocycles. The number of halogens is 1. The molecule has 41 heavy (non-hydrogen) atoms. The first-order valence-electron chi connectivity index (χ1n) is 15.3. The van der Waals surface area contributed by atoms with Crippen LogP contribution in [0.1, 0.15) is 44.1 Å². The van der Waals surface area contributed by atoms with Crippen LogP contribution >= 0.6 is 11.8 Å². The number of piperidine rings is 1. The van der Waals surface area contributed by atoms with E-state index in [1.165, 1.54) is 35.6 Å². The molecular weight excluding hydrogens is 531 g/mol. The van der Waals surface area contributed by atoms with E-state index in [1.54, 1.807) is 12.1 Å². The zero-order chi connectivity index (χ0) is 28.4. The predicted octanol–water partition coefficient (Wildman–Crippen LogP) is 6.11. The highest BCUT2D eigenvalue weighted by Gasteiger charge is 2.49. The lowest BCUT2D eigenvalue weighted by Gasteiger charge is -2.47. The summed E-state index contributed by atoms with van der Waals surface area (Å²) in [4.78, 5) is 19.8. The van der Waals surface area contributed by atoms with E-state index in [9.17, 15) is 14.4 Å². The number of hydrogen-bond acceptors (Lipinski definition) is 5. The fraction of sp³-hybridized carbons (Fsp3) is 0.529. The molecule has 1 unspecified atom stereocenters. The van der Waals surface area contributed by atoms with Gasteiger partial charge in [0.15, 0.2) is 0 Å². The molecule has 1 aliphatic carbocycles. The summed E-state index contributed by atoms with van der Waals surface area (Å²) in [5.41, 5.74) is 1.62. The van der Waals surface area contributed by atoms with Gasteiger partial charge in [-0.15, -0.1) is 11.8 Å². The van der Waals surface area contributed by atoms with Gasteiger partial charge in [0.2, 0.25) is 5.91 Å². The van der Waals surface area contributed by atoms with E-state index in [0.29, 0.717) is 17.1 Å². The van der Waals surface area contributed by atoms with Gasteiger partial charge < -0.3 is 14.7 Å². The summed E-state index contributed by atoms with van der Waals surface area (Å²) in [5.74, 6) is 1.08. The summed E-state index contributed by atoms with van der Waals surface area (Å²) in [6.07, 6.45) is 7.94. The minimum atomic E-state index is -0.566. The highest BCUT2D eigenvalue weighted by atomic mass is 32.2. The van der Waals surface area contributed by atoms with Crippen molar-refractivity contribution in [3.8, 4) is 6.07 Å². The molecule has 5 nitrogen and oxygen atoms in total. The molecule has 216 valence electrons. The average Bonchev–Trinajstić information content (AvgIpc) is 3.49. The van der Waals surface area contributed by atoms with Crippen molar-refractivity contribution in [3.63, 3.8) is 0 Å². The molecule has 3 aliphatic heterocycles. The van der Waals surface area contributed by atoms with Crippen LogP contribution in [-0.2, 0) is 10.2 Å². The highest BCUT2D eigenvalue weighted by Crippen LogP contribution is 2.50. The molecule has 1 atom stereocenters. The Balaban J connectivity index is 0.983. The number of nitrogens with zero attached hydrogens (tertiary/aromatic N) is 4. The Hall–Kier alpha value is -2.82. The standard InChI is InChI=1S/C34H41FN4OS/c1-2-33(40)39-22-32(23-39)41-31-12-10-30(11-13-31)38-20-25(21-38)19-37-16-14-27(15-17-37)34(24-36,26-6-3-4-7-26)28-8-5-9-29(35)18-28/h2,5,8-13,18,25-27,32H,1,3-4,6-7,14-17,19-23H2. The number of amides is 1. The molecule has 0 radical (unpaired) electrons. The second-order valence-electron chi connectivity index (χ2n) is 12.5. The lowest BCUT2D eigenvalue weighted by molar-refractivity contribution is -0.128. The summed E-state index contributed by atoms with van der Waals surface area (Å²) < 4.78 is 14.3. The van der Waals surface area contributed by atoms with Crippen LogP contribution in [0.2, 0.25) is 0 Å². The van der Waals surface area contributed by atoms with Gasteiger partial charge in [-0.3, -0.25) is 4.79 Å². The summed E-state index contributed by atoms with van der Waals surface area (Å²) >= 11 is 1.85. The van der Waals surface area contributed by atoms with E-state index >= 15 is 0 Å². The lowest BCUT2D eigenvalue weighted by atomic mass is 9.60. The molecule has 0 bridgehead atoms. The maximum Gasteiger partial charge on any atom is 0.246 e. The minimum absolute atomic E-state index is 0.0251. The first-order chi connectivity index (χ1) is 20.0. The number of benzene rings is 2. The van der Waals surface area contributed by atoms with E-state index < -0.39 is 5.41 Å². The van der Waals surface area contributed by atoms with Crippen LogP contribution in [0.25, 0.3) is 0 Å². The maximum atomic E-state index is 14.3. The third-order valence-electron chi connectivity index (χ3n) is 10.0. The second kappa shape index (κ2) is 12.2. The number of hydrogen-bond donors (Lipinski definition) is 0. The van der Waals surface area contributed by atoms with E-state index in [1.807, 2.05) is 22.7 Å². The van der Waals surface area contributed by atoms with Gasteiger partial charge in [-0.2, -0.15) is 5.26 Å². The van der Waals surface area contributed by atoms with Crippen molar-refractivity contribution in [2.75, 3.05) is 50.7 Å². The fourth-order valence-corrected chi connectivity index (χ4v) is 8.95. The molecule has 1 saturated carbocycles. The van der Waals surface area contributed by atoms with Gasteiger partial charge in [0, 0.05) is 54.5 Å². The summed E-state index contributed by atoms with van der Waals surface area (Å²) in [6.45, 7) is 10.5. The van der Waals surface area contributed by atoms with Gasteiger partial charge >= 0.3 is 0 Å². The van der Waals surface area contributed by atoms with Crippen molar-refractivity contribution >= 4 is 23.4 Å². The van der Waals surface area contributed by atoms with E-state index in [0.717, 1.165) is 77.1 Å². The smallest absolute Gasteiger partial charge is 0.246 e. The number of carbonyl (C=O) groups excluding carboxylic acids is 1. The zero-order valence-electron chi connectivity index (χ0n) is 23.9. The maximum absolute atomic E-state index is 14.3. The third kappa shape index (κ3) is 5.79. The molecule has 4 fully saturated rings. The van der Waals surface area contributed by atoms with Gasteiger partial charge in [0.25, 0.3) is 0 Å². The van der Waals surface area contributed by atoms with E-state index in [-0.39, 0.29) is 17.6 Å². The molecule has 2 aromatic carbocycles. The first-order valence-corrected chi connectivity index (χ1v) is 16.2. The van der Waals surface area contributed by atoms with Crippen LogP contribution in [0.3, 0.4) is 0 Å². The Kier molecular flexibility index (Phi) is 8.42. The number of likely N-dealkylation sites (tertiary alicyclic amines) is 2. The number of thioether (sulfide) groups is 1. The number of rotatable bonds is 9. The molecule has 0 spiro atoms. The summed E-state index contributed by atoms with van der Waals surface area (Å²) in [5, 5.41) is 11.1. The molecule has 6 rings (SSSR count). The van der Waals surface area contributed by atoms with Gasteiger partial charge in [-0.25, -0.2) is 4.39 Å². The minimum Gasteiger partial charge on any atom is -0.371 e. The number of anilines is 1. The lowest BCUT2D eigenvalue weighted by Crippen LogP contribution is -2.53. The molecule has 7 heteroatoms. The SMILES string of the molecule is C=CC(=O)N1CC(Sc2ccc(N3CC(CN4CCC(C(C#N)(c5cccc(F)c5)C5CCCC5)CC4)C3)cc2)C1. The summed E-state index contributed by atoms with van der Waals surface area (Å²) in [7, 11) is 0. The Morgan fingerprint density at radius 1 is 1.02 bits per heavy atom. The number of carbonyl (C=O) groups is 1. The number of nitriles is 1. The van der Waals surface area contributed by atoms with Crippen LogP contribution in [0.15, 0.2) is 66.1 Å². The van der Waals surface area contributed by atoms with Gasteiger partial charge in [0.05, 0.1) is 11.5 Å². The molecule has 1 amide bonds. The Bertz CT molecular complexity index is 1270. The van der Waals surface area contributed by atoms with Crippen molar-refractivity contribution in [2.45, 2.75) is 54.1 Å². The molecular formula is C34H41FN4OS. The van der Waals surface area contributed by atoms with Gasteiger partial charge in [-0.05, 0) is 98.6 Å². The Morgan fingerprint density at radius 3 is 2.34 bits per heavy atom. The van der Waals surface area contributed by atoms with Crippen LogP contribution in [0, 0.1) is 34.9 Å². The third-order valence-corrected chi connectivity index (χ3v) is 11.2. The predicted molar refractivity (Wildman–Crippen MR) is 163 cm³/mol. The quantitative estimate of drug-likeness (QED) is 0.339. The second-order valence-corrected chi connectivity index (χ2v) is 13.9. The molecule has 0 N–H and O–H groups in total. The molecule has 3 saturated heterocycles. The van der Waals surface area contributed by atoms with Gasteiger partial charge in [-0.1, -0.05) is 31.6 Å². The largest absolute Gasteiger partial charge is 0.371 e. The van der Waals surface area contributed by atoms with Gasteiger partial charge in [0.1, 0.15) is 5.82 Å². The van der Waals surface area contributed by atoms with Crippen molar-refractivity contribution in [1.82, 2.24) is 9.80 Å². The topological polar surface area (TPSA) is 50.6 Å². The molecule has 0 aromatic heterocycles. The van der Waals surface area contributed by atoms with Crippen molar-refractivity contribution in [1.29, 1.82) is 5.26 Å².